The molecule has 0 aliphatic rings. The van der Waals surface area contributed by atoms with Gasteiger partial charge >= 0.3 is 18.1 Å². The summed E-state index contributed by atoms with van der Waals surface area (Å²) in [6.45, 7) is 3.32. The summed E-state index contributed by atoms with van der Waals surface area (Å²) in [5, 5.41) is 16.6. The van der Waals surface area contributed by atoms with Gasteiger partial charge in [-0.25, -0.2) is 14.6 Å². The molecule has 0 bridgehead atoms. The van der Waals surface area contributed by atoms with Gasteiger partial charge < -0.3 is 24.7 Å². The topological polar surface area (TPSA) is 182 Å². The summed E-state index contributed by atoms with van der Waals surface area (Å²) >= 11 is 0. The first-order valence-electron chi connectivity index (χ1n) is 13.3. The first-order valence-corrected chi connectivity index (χ1v) is 13.3. The van der Waals surface area contributed by atoms with Crippen LogP contribution in [0, 0.1) is 5.41 Å². The highest BCUT2D eigenvalue weighted by atomic mass is 16.8. The van der Waals surface area contributed by atoms with Gasteiger partial charge in [0, 0.05) is 30.7 Å². The SMILES string of the molecule is CCOC(=O)OC(C)OC(=O)CCc1cn(-c2ccc(-c3ccc(C(=O)OCc4ccccc4)cc3C(=N)N)nn2)cn1. The lowest BCUT2D eigenvalue weighted by Crippen LogP contribution is -2.22. The fourth-order valence-electron chi connectivity index (χ4n) is 3.93. The molecular formula is C30H30N6O7. The van der Waals surface area contributed by atoms with E-state index in [4.69, 9.17) is 25.4 Å². The minimum atomic E-state index is -1.08. The van der Waals surface area contributed by atoms with Crippen LogP contribution in [0.15, 0.2) is 73.2 Å². The third-order valence-corrected chi connectivity index (χ3v) is 5.99. The van der Waals surface area contributed by atoms with Gasteiger partial charge in [0.2, 0.25) is 6.29 Å². The Hall–Kier alpha value is -5.59. The van der Waals surface area contributed by atoms with Crippen molar-refractivity contribution in [3.63, 3.8) is 0 Å². The molecule has 0 saturated carbocycles. The van der Waals surface area contributed by atoms with Crippen LogP contribution in [-0.2, 0) is 36.8 Å². The van der Waals surface area contributed by atoms with Gasteiger partial charge in [-0.15, -0.1) is 10.2 Å². The maximum Gasteiger partial charge on any atom is 0.511 e. The molecule has 43 heavy (non-hydrogen) atoms. The van der Waals surface area contributed by atoms with E-state index in [2.05, 4.69) is 19.9 Å². The number of imidazole rings is 1. The van der Waals surface area contributed by atoms with Gasteiger partial charge in [-0.05, 0) is 36.8 Å². The van der Waals surface area contributed by atoms with Crippen LogP contribution in [0.4, 0.5) is 4.79 Å². The average Bonchev–Trinajstić information content (AvgIpc) is 3.48. The Labute approximate surface area is 247 Å². The number of esters is 2. The first-order chi connectivity index (χ1) is 20.7. The van der Waals surface area contributed by atoms with Crippen molar-refractivity contribution >= 4 is 23.9 Å². The van der Waals surface area contributed by atoms with Crippen molar-refractivity contribution in [1.29, 1.82) is 5.41 Å². The van der Waals surface area contributed by atoms with Gasteiger partial charge in [0.15, 0.2) is 5.82 Å². The van der Waals surface area contributed by atoms with Crippen LogP contribution < -0.4 is 5.73 Å². The van der Waals surface area contributed by atoms with Crippen molar-refractivity contribution < 1.29 is 33.3 Å². The Morgan fingerprint density at radius 3 is 2.49 bits per heavy atom. The van der Waals surface area contributed by atoms with Gasteiger partial charge in [0.05, 0.1) is 30.0 Å². The average molecular weight is 587 g/mol. The number of carbonyl (C=O) groups is 3. The number of carbonyl (C=O) groups excluding carboxylic acids is 3. The maximum absolute atomic E-state index is 12.6. The number of nitrogens with one attached hydrogen (secondary N) is 1. The first kappa shape index (κ1) is 30.4. The van der Waals surface area contributed by atoms with Gasteiger partial charge in [-0.2, -0.15) is 0 Å². The van der Waals surface area contributed by atoms with E-state index in [1.165, 1.54) is 19.3 Å². The molecule has 0 aliphatic carbocycles. The summed E-state index contributed by atoms with van der Waals surface area (Å²) < 4.78 is 21.5. The highest BCUT2D eigenvalue weighted by Crippen LogP contribution is 2.24. The van der Waals surface area contributed by atoms with E-state index in [1.54, 1.807) is 42.0 Å². The predicted octanol–water partition coefficient (Wildman–Crippen LogP) is 3.97. The molecular weight excluding hydrogens is 556 g/mol. The van der Waals surface area contributed by atoms with E-state index in [1.807, 2.05) is 30.3 Å². The Morgan fingerprint density at radius 1 is 1.00 bits per heavy atom. The van der Waals surface area contributed by atoms with Crippen LogP contribution in [0.25, 0.3) is 17.1 Å². The smallest absolute Gasteiger partial charge is 0.457 e. The van der Waals surface area contributed by atoms with Crippen molar-refractivity contribution in [2.45, 2.75) is 39.6 Å². The molecule has 4 aromatic rings. The van der Waals surface area contributed by atoms with E-state index in [9.17, 15) is 14.4 Å². The summed E-state index contributed by atoms with van der Waals surface area (Å²) in [6.07, 6.45) is 1.54. The minimum Gasteiger partial charge on any atom is -0.457 e. The number of ether oxygens (including phenoxy) is 4. The van der Waals surface area contributed by atoms with Gasteiger partial charge in [0.1, 0.15) is 18.8 Å². The van der Waals surface area contributed by atoms with Crippen LogP contribution in [-0.4, -0.2) is 56.6 Å². The molecule has 3 N–H and O–H groups in total. The van der Waals surface area contributed by atoms with Crippen LogP contribution in [0.5, 0.6) is 0 Å². The molecule has 0 amide bonds. The highest BCUT2D eigenvalue weighted by Gasteiger charge is 2.17. The third kappa shape index (κ3) is 8.45. The second kappa shape index (κ2) is 14.3. The van der Waals surface area contributed by atoms with Crippen molar-refractivity contribution in [3.05, 3.63) is 95.6 Å². The zero-order valence-corrected chi connectivity index (χ0v) is 23.6. The van der Waals surface area contributed by atoms with Crippen molar-refractivity contribution in [2.75, 3.05) is 6.61 Å². The van der Waals surface area contributed by atoms with Crippen molar-refractivity contribution in [1.82, 2.24) is 19.7 Å². The summed E-state index contributed by atoms with van der Waals surface area (Å²) in [4.78, 5) is 40.3. The number of benzene rings is 2. The second-order valence-electron chi connectivity index (χ2n) is 9.14. The summed E-state index contributed by atoms with van der Waals surface area (Å²) in [5.74, 6) is -0.875. The van der Waals surface area contributed by atoms with Crippen LogP contribution in [0.2, 0.25) is 0 Å². The Morgan fingerprint density at radius 2 is 1.79 bits per heavy atom. The summed E-state index contributed by atoms with van der Waals surface area (Å²) in [5.41, 5.74) is 8.83. The third-order valence-electron chi connectivity index (χ3n) is 5.99. The molecule has 0 aliphatic heterocycles. The van der Waals surface area contributed by atoms with E-state index in [0.29, 0.717) is 28.3 Å². The minimum absolute atomic E-state index is 0.0156. The highest BCUT2D eigenvalue weighted by molar-refractivity contribution is 6.03. The van der Waals surface area contributed by atoms with Gasteiger partial charge in [0.25, 0.3) is 0 Å². The molecule has 0 spiro atoms. The van der Waals surface area contributed by atoms with E-state index < -0.39 is 24.4 Å². The fourth-order valence-corrected chi connectivity index (χ4v) is 3.93. The lowest BCUT2D eigenvalue weighted by molar-refractivity contribution is -0.167. The van der Waals surface area contributed by atoms with Crippen molar-refractivity contribution in [3.8, 4) is 17.1 Å². The largest absolute Gasteiger partial charge is 0.511 e. The van der Waals surface area contributed by atoms with E-state index in [-0.39, 0.29) is 37.5 Å². The molecule has 0 saturated heterocycles. The molecule has 13 heteroatoms. The number of nitrogens with two attached hydrogens (primary N) is 1. The van der Waals surface area contributed by atoms with Crippen LogP contribution >= 0.6 is 0 Å². The number of nitrogen functional groups attached to an aromatic ring is 1. The monoisotopic (exact) mass is 586 g/mol. The molecule has 222 valence electrons. The van der Waals surface area contributed by atoms with Crippen molar-refractivity contribution in [2.24, 2.45) is 5.73 Å². The Bertz CT molecular complexity index is 1590. The number of hydrogen-bond acceptors (Lipinski definition) is 11. The molecule has 2 aromatic carbocycles. The number of nitrogens with zero attached hydrogens (tertiary/aromatic N) is 4. The van der Waals surface area contributed by atoms with E-state index >= 15 is 0 Å². The molecule has 2 aromatic heterocycles. The maximum atomic E-state index is 12.6. The number of amidine groups is 1. The molecule has 4 rings (SSSR count). The van der Waals surface area contributed by atoms with Gasteiger partial charge in [-0.3, -0.25) is 14.8 Å². The van der Waals surface area contributed by atoms with Crippen LogP contribution in [0.1, 0.15) is 47.4 Å². The Kier molecular flexibility index (Phi) is 10.1. The predicted molar refractivity (Wildman–Crippen MR) is 153 cm³/mol. The Balaban J connectivity index is 1.37. The molecule has 13 nitrogen and oxygen atoms in total. The number of rotatable bonds is 12. The standard InChI is InChI=1S/C30H30N6O7/c1-3-40-30(39)43-19(2)42-27(37)14-10-22-16-36(18-33-22)26-13-12-25(34-35-26)23-11-9-21(15-24(23)28(31)32)29(38)41-17-20-7-5-4-6-8-20/h4-9,11-13,15-16,18-19H,3,10,14,17H2,1-2H3,(H3,31,32). The van der Waals surface area contributed by atoms with Gasteiger partial charge in [-0.1, -0.05) is 36.4 Å². The number of hydrogen-bond donors (Lipinski definition) is 2. The number of aryl methyl sites for hydroxylation is 1. The zero-order chi connectivity index (χ0) is 30.8. The van der Waals surface area contributed by atoms with Crippen LogP contribution in [0.3, 0.4) is 0 Å². The quantitative estimate of drug-likeness (QED) is 0.0806. The lowest BCUT2D eigenvalue weighted by Gasteiger charge is -2.13. The normalized spacial score (nSPS) is 11.3. The molecule has 2 heterocycles. The fraction of sp³-hybridized carbons (Fsp3) is 0.233. The summed E-state index contributed by atoms with van der Waals surface area (Å²) in [7, 11) is 0. The molecule has 1 atom stereocenters. The van der Waals surface area contributed by atoms with E-state index in [0.717, 1.165) is 5.56 Å². The molecule has 0 fully saturated rings. The molecule has 1 unspecified atom stereocenters. The zero-order valence-electron chi connectivity index (χ0n) is 23.6. The second-order valence-corrected chi connectivity index (χ2v) is 9.14. The molecule has 0 radical (unpaired) electrons. The number of aromatic nitrogens is 4. The lowest BCUT2D eigenvalue weighted by atomic mass is 10.0. The summed E-state index contributed by atoms with van der Waals surface area (Å²) in [6, 6.07) is 17.5.